The van der Waals surface area contributed by atoms with Gasteiger partial charge in [-0.15, -0.1) is 0 Å². The van der Waals surface area contributed by atoms with Gasteiger partial charge >= 0.3 is 6.09 Å². The van der Waals surface area contributed by atoms with Gasteiger partial charge in [0.2, 0.25) is 0 Å². The molecule has 1 aliphatic carbocycles. The second-order valence-corrected chi connectivity index (χ2v) is 8.69. The van der Waals surface area contributed by atoms with E-state index in [1.807, 2.05) is 63.2 Å². The quantitative estimate of drug-likeness (QED) is 0.757. The van der Waals surface area contributed by atoms with Crippen molar-refractivity contribution in [2.24, 2.45) is 0 Å². The monoisotopic (exact) mass is 396 g/mol. The largest absolute Gasteiger partial charge is 0.444 e. The van der Waals surface area contributed by atoms with Crippen LogP contribution in [0.5, 0.6) is 0 Å². The molecule has 28 heavy (non-hydrogen) atoms. The molecule has 0 fully saturated rings. The van der Waals surface area contributed by atoms with E-state index in [0.29, 0.717) is 10.6 Å². The number of carbonyl (C=O) groups is 1. The van der Waals surface area contributed by atoms with Crippen molar-refractivity contribution >= 4 is 17.7 Å². The first kappa shape index (κ1) is 20.2. The number of hydrogen-bond acceptors (Lipinski definition) is 3. The first-order valence-corrected chi connectivity index (χ1v) is 9.90. The zero-order chi connectivity index (χ0) is 20.3. The van der Waals surface area contributed by atoms with Gasteiger partial charge in [0, 0.05) is 17.0 Å². The number of hydrogen-bond donors (Lipinski definition) is 1. The van der Waals surface area contributed by atoms with E-state index in [9.17, 15) is 10.1 Å². The molecule has 0 saturated heterocycles. The summed E-state index contributed by atoms with van der Waals surface area (Å²) in [5.74, 6) is 0.0609. The van der Waals surface area contributed by atoms with Gasteiger partial charge in [-0.25, -0.2) is 4.79 Å². The fourth-order valence-corrected chi connectivity index (χ4v) is 3.85. The summed E-state index contributed by atoms with van der Waals surface area (Å²) in [5, 5.41) is 13.1. The van der Waals surface area contributed by atoms with Gasteiger partial charge in [0.15, 0.2) is 0 Å². The van der Waals surface area contributed by atoms with Crippen LogP contribution in [0.3, 0.4) is 0 Å². The number of carbonyl (C=O) groups excluding carboxylic acids is 1. The minimum absolute atomic E-state index is 0.0609. The lowest BCUT2D eigenvalue weighted by atomic mass is 9.75. The predicted molar refractivity (Wildman–Crippen MR) is 111 cm³/mol. The van der Waals surface area contributed by atoms with Crippen molar-refractivity contribution in [3.05, 3.63) is 69.7 Å². The zero-order valence-electron chi connectivity index (χ0n) is 16.5. The average Bonchev–Trinajstić information content (AvgIpc) is 2.63. The number of nitrogens with one attached hydrogen (secondary N) is 1. The molecule has 0 radical (unpaired) electrons. The molecule has 2 atom stereocenters. The van der Waals surface area contributed by atoms with Gasteiger partial charge in [0.05, 0.1) is 11.6 Å². The molecule has 0 spiro atoms. The van der Waals surface area contributed by atoms with Crippen LogP contribution in [0.1, 0.15) is 55.4 Å². The van der Waals surface area contributed by atoms with E-state index in [-0.39, 0.29) is 12.0 Å². The molecule has 146 valence electrons. The van der Waals surface area contributed by atoms with Crippen LogP contribution in [0.15, 0.2) is 42.5 Å². The van der Waals surface area contributed by atoms with E-state index in [1.54, 1.807) is 0 Å². The summed E-state index contributed by atoms with van der Waals surface area (Å²) >= 11 is 6.02. The molecule has 0 aliphatic heterocycles. The molecular formula is C23H25ClN2O2. The fraction of sp³-hybridized carbons (Fsp3) is 0.391. The second kappa shape index (κ2) is 8.24. The smallest absolute Gasteiger partial charge is 0.407 e. The van der Waals surface area contributed by atoms with E-state index in [2.05, 4.69) is 11.4 Å². The van der Waals surface area contributed by atoms with Crippen LogP contribution < -0.4 is 5.32 Å². The summed E-state index contributed by atoms with van der Waals surface area (Å²) < 4.78 is 5.47. The first-order chi connectivity index (χ1) is 13.2. The number of rotatable bonds is 3. The molecule has 3 rings (SSSR count). The van der Waals surface area contributed by atoms with E-state index in [4.69, 9.17) is 16.3 Å². The highest BCUT2D eigenvalue weighted by molar-refractivity contribution is 6.30. The van der Waals surface area contributed by atoms with Gasteiger partial charge in [0.25, 0.3) is 0 Å². The Morgan fingerprint density at radius 2 is 1.96 bits per heavy atom. The number of halogens is 1. The Morgan fingerprint density at radius 3 is 2.61 bits per heavy atom. The van der Waals surface area contributed by atoms with Crippen LogP contribution in [-0.2, 0) is 17.6 Å². The van der Waals surface area contributed by atoms with Crippen molar-refractivity contribution in [2.45, 2.75) is 57.6 Å². The van der Waals surface area contributed by atoms with Gasteiger partial charge in [-0.1, -0.05) is 29.8 Å². The molecule has 1 aliphatic rings. The van der Waals surface area contributed by atoms with Crippen molar-refractivity contribution in [2.75, 3.05) is 0 Å². The summed E-state index contributed by atoms with van der Waals surface area (Å²) in [4.78, 5) is 12.4. The molecule has 0 saturated carbocycles. The van der Waals surface area contributed by atoms with Crippen LogP contribution in [0.4, 0.5) is 4.79 Å². The normalized spacial score (nSPS) is 18.7. The summed E-state index contributed by atoms with van der Waals surface area (Å²) in [7, 11) is 0. The van der Waals surface area contributed by atoms with Crippen molar-refractivity contribution in [1.29, 1.82) is 5.26 Å². The molecule has 1 N–H and O–H groups in total. The van der Waals surface area contributed by atoms with Crippen LogP contribution in [0.2, 0.25) is 5.02 Å². The third kappa shape index (κ3) is 5.05. The molecular weight excluding hydrogens is 372 g/mol. The van der Waals surface area contributed by atoms with Crippen molar-refractivity contribution in [3.8, 4) is 6.07 Å². The second-order valence-electron chi connectivity index (χ2n) is 8.25. The molecule has 0 aromatic heterocycles. The molecule has 2 unspecified atom stereocenters. The minimum atomic E-state index is -0.545. The highest BCUT2D eigenvalue weighted by Crippen LogP contribution is 2.35. The topological polar surface area (TPSA) is 62.1 Å². The van der Waals surface area contributed by atoms with Crippen LogP contribution in [0.25, 0.3) is 0 Å². The molecule has 2 aromatic carbocycles. The molecule has 1 amide bonds. The summed E-state index contributed by atoms with van der Waals surface area (Å²) in [6.45, 7) is 5.56. The Kier molecular flexibility index (Phi) is 5.96. The summed E-state index contributed by atoms with van der Waals surface area (Å²) in [5.41, 5.74) is 3.59. The van der Waals surface area contributed by atoms with Crippen LogP contribution in [0, 0.1) is 11.3 Å². The average molecular weight is 397 g/mol. The van der Waals surface area contributed by atoms with Crippen molar-refractivity contribution < 1.29 is 9.53 Å². The molecule has 2 aromatic rings. The van der Waals surface area contributed by atoms with Gasteiger partial charge in [-0.2, -0.15) is 5.26 Å². The molecule has 4 nitrogen and oxygen atoms in total. The highest BCUT2D eigenvalue weighted by Gasteiger charge is 2.32. The van der Waals surface area contributed by atoms with Gasteiger partial charge in [0.1, 0.15) is 5.60 Å². The maximum atomic E-state index is 12.4. The van der Waals surface area contributed by atoms with E-state index >= 15 is 0 Å². The SMILES string of the molecule is CC(C)(C)OC(=O)NC1CCc2ccc(C#N)cc2C1Cc1ccc(Cl)cc1. The highest BCUT2D eigenvalue weighted by atomic mass is 35.5. The number of fused-ring (bicyclic) bond motifs is 1. The van der Waals surface area contributed by atoms with E-state index in [1.165, 1.54) is 5.56 Å². The van der Waals surface area contributed by atoms with Gasteiger partial charge < -0.3 is 10.1 Å². The fourth-order valence-electron chi connectivity index (χ4n) is 3.72. The standard InChI is InChI=1S/C23H25ClN2O2/c1-23(2,3)28-22(27)26-21-11-8-17-7-4-16(14-25)13-19(17)20(21)12-15-5-9-18(24)10-6-15/h4-7,9-10,13,20-21H,8,11-12H2,1-3H3,(H,26,27). The number of amides is 1. The Labute approximate surface area is 171 Å². The maximum Gasteiger partial charge on any atom is 0.407 e. The van der Waals surface area contributed by atoms with Crippen LogP contribution in [-0.4, -0.2) is 17.7 Å². The molecule has 5 heteroatoms. The number of benzene rings is 2. The number of ether oxygens (including phenoxy) is 1. The number of alkyl carbamates (subject to hydrolysis) is 1. The number of aryl methyl sites for hydroxylation is 1. The Balaban J connectivity index is 1.90. The third-order valence-corrected chi connectivity index (χ3v) is 5.21. The lowest BCUT2D eigenvalue weighted by Gasteiger charge is -2.35. The number of nitrogens with zero attached hydrogens (tertiary/aromatic N) is 1. The van der Waals surface area contributed by atoms with Gasteiger partial charge in [-0.05, 0) is 81.0 Å². The third-order valence-electron chi connectivity index (χ3n) is 4.96. The van der Waals surface area contributed by atoms with Gasteiger partial charge in [-0.3, -0.25) is 0 Å². The summed E-state index contributed by atoms with van der Waals surface area (Å²) in [6.07, 6.45) is 2.03. The van der Waals surface area contributed by atoms with Crippen molar-refractivity contribution in [1.82, 2.24) is 5.32 Å². The van der Waals surface area contributed by atoms with Crippen LogP contribution >= 0.6 is 11.6 Å². The lowest BCUT2D eigenvalue weighted by molar-refractivity contribution is 0.0491. The maximum absolute atomic E-state index is 12.4. The van der Waals surface area contributed by atoms with Crippen molar-refractivity contribution in [3.63, 3.8) is 0 Å². The predicted octanol–water partition coefficient (Wildman–Crippen LogP) is 5.38. The number of nitriles is 1. The zero-order valence-corrected chi connectivity index (χ0v) is 17.2. The molecule has 0 heterocycles. The minimum Gasteiger partial charge on any atom is -0.444 e. The van der Waals surface area contributed by atoms with E-state index < -0.39 is 11.7 Å². The Hall–Kier alpha value is -2.51. The Bertz CT molecular complexity index is 894. The summed E-state index contributed by atoms with van der Waals surface area (Å²) in [6, 6.07) is 15.8. The Morgan fingerprint density at radius 1 is 1.25 bits per heavy atom. The lowest BCUT2D eigenvalue weighted by Crippen LogP contribution is -2.44. The van der Waals surface area contributed by atoms with E-state index in [0.717, 1.165) is 30.4 Å². The molecule has 0 bridgehead atoms. The first-order valence-electron chi connectivity index (χ1n) is 9.52.